The van der Waals surface area contributed by atoms with Crippen LogP contribution in [0.3, 0.4) is 0 Å². The molecule has 1 amide bonds. The molecule has 0 bridgehead atoms. The summed E-state index contributed by atoms with van der Waals surface area (Å²) in [5, 5.41) is 0. The molecular weight excluding hydrogens is 322 g/mol. The molecule has 3 rings (SSSR count). The number of rotatable bonds is 4. The maximum Gasteiger partial charge on any atom is 0.316 e. The number of carbonyl (C=O) groups is 1. The van der Waals surface area contributed by atoms with Gasteiger partial charge in [-0.05, 0) is 36.9 Å². The monoisotopic (exact) mass is 343 g/mol. The first-order valence-corrected chi connectivity index (χ1v) is 9.27. The van der Waals surface area contributed by atoms with Crippen molar-refractivity contribution in [3.63, 3.8) is 0 Å². The van der Waals surface area contributed by atoms with E-state index in [1.54, 1.807) is 24.2 Å². The van der Waals surface area contributed by atoms with Crippen LogP contribution in [0.4, 0.5) is 0 Å². The number of piperidine rings is 1. The van der Waals surface area contributed by atoms with E-state index < -0.39 is 0 Å². The topological polar surface area (TPSA) is 55.3 Å². The summed E-state index contributed by atoms with van der Waals surface area (Å²) in [5.41, 5.74) is 1.76. The number of benzene rings is 1. The average Bonchev–Trinajstić information content (AvgIpc) is 2.64. The molecule has 0 radical (unpaired) electrons. The second kappa shape index (κ2) is 7.66. The van der Waals surface area contributed by atoms with E-state index in [1.165, 1.54) is 0 Å². The van der Waals surface area contributed by atoms with Gasteiger partial charge in [0.25, 0.3) is 5.91 Å². The highest BCUT2D eigenvalue weighted by atomic mass is 32.2. The quantitative estimate of drug-likeness (QED) is 0.798. The van der Waals surface area contributed by atoms with Gasteiger partial charge in [-0.3, -0.25) is 4.79 Å². The Kier molecular flexibility index (Phi) is 5.35. The number of hydrogen-bond donors (Lipinski definition) is 0. The largest absolute Gasteiger partial charge is 0.460 e. The van der Waals surface area contributed by atoms with Crippen LogP contribution in [0, 0.1) is 6.92 Å². The lowest BCUT2D eigenvalue weighted by Crippen LogP contribution is -2.41. The summed E-state index contributed by atoms with van der Waals surface area (Å²) in [6.07, 6.45) is 7.17. The number of amides is 1. The average molecular weight is 343 g/mol. The Morgan fingerprint density at radius 2 is 1.96 bits per heavy atom. The molecule has 1 saturated heterocycles. The van der Waals surface area contributed by atoms with E-state index in [1.807, 2.05) is 42.3 Å². The van der Waals surface area contributed by atoms with Crippen LogP contribution in [0.1, 0.15) is 28.8 Å². The van der Waals surface area contributed by atoms with Gasteiger partial charge in [0.15, 0.2) is 0 Å². The van der Waals surface area contributed by atoms with Gasteiger partial charge >= 0.3 is 6.01 Å². The third-order valence-electron chi connectivity index (χ3n) is 4.08. The number of ether oxygens (including phenoxy) is 1. The molecule has 6 heteroatoms. The molecule has 24 heavy (non-hydrogen) atoms. The van der Waals surface area contributed by atoms with Crippen LogP contribution in [0.5, 0.6) is 6.01 Å². The first-order valence-electron chi connectivity index (χ1n) is 8.04. The Morgan fingerprint density at radius 3 is 2.62 bits per heavy atom. The van der Waals surface area contributed by atoms with Gasteiger partial charge in [0.2, 0.25) is 0 Å². The van der Waals surface area contributed by atoms with Crippen molar-refractivity contribution in [2.24, 2.45) is 0 Å². The SMILES string of the molecule is CSc1cccc(C(=O)N2CCC(Oc3ncc(C)cn3)CC2)c1. The van der Waals surface area contributed by atoms with Crippen molar-refractivity contribution >= 4 is 17.7 Å². The van der Waals surface area contributed by atoms with E-state index in [9.17, 15) is 4.79 Å². The second-order valence-corrected chi connectivity index (χ2v) is 6.76. The minimum absolute atomic E-state index is 0.0642. The number of aryl methyl sites for hydroxylation is 1. The molecule has 1 aromatic carbocycles. The van der Waals surface area contributed by atoms with E-state index in [0.29, 0.717) is 19.1 Å². The zero-order chi connectivity index (χ0) is 16.9. The third kappa shape index (κ3) is 4.06. The normalized spacial score (nSPS) is 15.3. The van der Waals surface area contributed by atoms with Crippen molar-refractivity contribution < 1.29 is 9.53 Å². The maximum absolute atomic E-state index is 12.6. The first-order chi connectivity index (χ1) is 11.7. The lowest BCUT2D eigenvalue weighted by atomic mass is 10.1. The second-order valence-electron chi connectivity index (χ2n) is 5.88. The standard InChI is InChI=1S/C18H21N3O2S/c1-13-11-19-18(20-12-13)23-15-6-8-21(9-7-15)17(22)14-4-3-5-16(10-14)24-2/h3-5,10-12,15H,6-9H2,1-2H3. The van der Waals surface area contributed by atoms with Crippen molar-refractivity contribution in [2.75, 3.05) is 19.3 Å². The van der Waals surface area contributed by atoms with Crippen LogP contribution in [0.15, 0.2) is 41.6 Å². The summed E-state index contributed by atoms with van der Waals surface area (Å²) in [4.78, 5) is 24.0. The van der Waals surface area contributed by atoms with Crippen molar-refractivity contribution in [3.8, 4) is 6.01 Å². The zero-order valence-electron chi connectivity index (χ0n) is 13.9. The van der Waals surface area contributed by atoms with Crippen LogP contribution in [-0.4, -0.2) is 46.2 Å². The van der Waals surface area contributed by atoms with Crippen LogP contribution in [-0.2, 0) is 0 Å². The molecule has 1 aliphatic heterocycles. The van der Waals surface area contributed by atoms with Gasteiger partial charge in [-0.15, -0.1) is 11.8 Å². The highest BCUT2D eigenvalue weighted by molar-refractivity contribution is 7.98. The summed E-state index contributed by atoms with van der Waals surface area (Å²) in [6, 6.07) is 8.20. The number of thioether (sulfide) groups is 1. The fourth-order valence-corrected chi connectivity index (χ4v) is 3.17. The van der Waals surface area contributed by atoms with E-state index in [4.69, 9.17) is 4.74 Å². The van der Waals surface area contributed by atoms with Crippen molar-refractivity contribution in [2.45, 2.75) is 30.8 Å². The number of likely N-dealkylation sites (tertiary alicyclic amines) is 1. The molecule has 1 aliphatic rings. The highest BCUT2D eigenvalue weighted by Gasteiger charge is 2.25. The van der Waals surface area contributed by atoms with Crippen LogP contribution < -0.4 is 4.74 Å². The molecule has 1 fully saturated rings. The molecule has 0 spiro atoms. The van der Waals surface area contributed by atoms with Gasteiger partial charge in [0.05, 0.1) is 0 Å². The Labute approximate surface area is 146 Å². The Hall–Kier alpha value is -2.08. The van der Waals surface area contributed by atoms with Gasteiger partial charge in [-0.2, -0.15) is 0 Å². The minimum Gasteiger partial charge on any atom is -0.460 e. The number of nitrogens with zero attached hydrogens (tertiary/aromatic N) is 3. The predicted molar refractivity (Wildman–Crippen MR) is 94.5 cm³/mol. The first kappa shape index (κ1) is 16.8. The molecule has 0 aliphatic carbocycles. The van der Waals surface area contributed by atoms with Crippen molar-refractivity contribution in [1.29, 1.82) is 0 Å². The number of aromatic nitrogens is 2. The van der Waals surface area contributed by atoms with E-state index in [-0.39, 0.29) is 12.0 Å². The Bertz CT molecular complexity index is 698. The molecule has 0 atom stereocenters. The summed E-state index contributed by atoms with van der Waals surface area (Å²) >= 11 is 1.64. The summed E-state index contributed by atoms with van der Waals surface area (Å²) in [7, 11) is 0. The zero-order valence-corrected chi connectivity index (χ0v) is 14.8. The van der Waals surface area contributed by atoms with Gasteiger partial charge < -0.3 is 9.64 Å². The molecule has 0 saturated carbocycles. The summed E-state index contributed by atoms with van der Waals surface area (Å²) in [6.45, 7) is 3.33. The van der Waals surface area contributed by atoms with Crippen molar-refractivity contribution in [1.82, 2.24) is 14.9 Å². The van der Waals surface area contributed by atoms with Crippen molar-refractivity contribution in [3.05, 3.63) is 47.8 Å². The molecule has 5 nitrogen and oxygen atoms in total. The molecule has 126 valence electrons. The van der Waals surface area contributed by atoms with Gasteiger partial charge in [0, 0.05) is 48.8 Å². The molecular formula is C18H21N3O2S. The van der Waals surface area contributed by atoms with E-state index in [2.05, 4.69) is 9.97 Å². The fraction of sp³-hybridized carbons (Fsp3) is 0.389. The molecule has 2 aromatic rings. The number of hydrogen-bond acceptors (Lipinski definition) is 5. The summed E-state index contributed by atoms with van der Waals surface area (Å²) < 4.78 is 5.82. The highest BCUT2D eigenvalue weighted by Crippen LogP contribution is 2.20. The Balaban J connectivity index is 1.56. The summed E-state index contributed by atoms with van der Waals surface area (Å²) in [5.74, 6) is 0.0935. The smallest absolute Gasteiger partial charge is 0.316 e. The van der Waals surface area contributed by atoms with E-state index >= 15 is 0 Å². The molecule has 2 heterocycles. The molecule has 0 unspecified atom stereocenters. The Morgan fingerprint density at radius 1 is 1.25 bits per heavy atom. The fourth-order valence-electron chi connectivity index (χ4n) is 2.71. The lowest BCUT2D eigenvalue weighted by Gasteiger charge is -2.31. The predicted octanol–water partition coefficient (Wildman–Crippen LogP) is 3.19. The van der Waals surface area contributed by atoms with Crippen LogP contribution in [0.25, 0.3) is 0 Å². The van der Waals surface area contributed by atoms with E-state index in [0.717, 1.165) is 28.9 Å². The van der Waals surface area contributed by atoms with Crippen LogP contribution in [0.2, 0.25) is 0 Å². The minimum atomic E-state index is 0.0642. The third-order valence-corrected chi connectivity index (χ3v) is 4.80. The maximum atomic E-state index is 12.6. The molecule has 1 aromatic heterocycles. The molecule has 0 N–H and O–H groups in total. The van der Waals surface area contributed by atoms with Gasteiger partial charge in [-0.1, -0.05) is 6.07 Å². The van der Waals surface area contributed by atoms with Crippen LogP contribution >= 0.6 is 11.8 Å². The lowest BCUT2D eigenvalue weighted by molar-refractivity contribution is 0.0578. The van der Waals surface area contributed by atoms with Gasteiger partial charge in [-0.25, -0.2) is 9.97 Å². The van der Waals surface area contributed by atoms with Gasteiger partial charge in [0.1, 0.15) is 6.10 Å². The number of carbonyl (C=O) groups excluding carboxylic acids is 1.